The lowest BCUT2D eigenvalue weighted by Crippen LogP contribution is -2.63. The predicted octanol–water partition coefficient (Wildman–Crippen LogP) is 4.04. The Kier molecular flexibility index (Phi) is 4.81. The van der Waals surface area contributed by atoms with E-state index < -0.39 is 6.04 Å². The highest BCUT2D eigenvalue weighted by Crippen LogP contribution is 2.42. The number of amides is 2. The molecule has 0 radical (unpaired) electrons. The lowest BCUT2D eigenvalue weighted by Gasteiger charge is -2.47. The number of nitrogens with one attached hydrogen (secondary N) is 1. The molecule has 2 amide bonds. The van der Waals surface area contributed by atoms with Gasteiger partial charge in [-0.2, -0.15) is 0 Å². The zero-order valence-electron chi connectivity index (χ0n) is 17.3. The van der Waals surface area contributed by atoms with Gasteiger partial charge in [0.15, 0.2) is 0 Å². The summed E-state index contributed by atoms with van der Waals surface area (Å²) >= 11 is 0. The Morgan fingerprint density at radius 3 is 2.57 bits per heavy atom. The van der Waals surface area contributed by atoms with Gasteiger partial charge in [0.05, 0.1) is 12.6 Å². The number of rotatable bonds is 5. The number of fused-ring (bicyclic) bond motifs is 4. The topological polar surface area (TPSA) is 56.4 Å². The number of hydrogen-bond acceptors (Lipinski definition) is 2. The fraction of sp³-hybridized carbons (Fsp3) is 0.360. The molecule has 5 rings (SSSR count). The Balaban J connectivity index is 1.61. The number of para-hydroxylation sites is 1. The van der Waals surface area contributed by atoms with Gasteiger partial charge in [-0.3, -0.25) is 9.59 Å². The lowest BCUT2D eigenvalue weighted by atomic mass is 9.86. The Hall–Kier alpha value is -3.08. The minimum absolute atomic E-state index is 0.0363. The largest absolute Gasteiger partial charge is 0.356 e. The summed E-state index contributed by atoms with van der Waals surface area (Å²) in [5.41, 5.74) is 4.30. The summed E-state index contributed by atoms with van der Waals surface area (Å²) in [7, 11) is 0. The third-order valence-corrected chi connectivity index (χ3v) is 6.49. The molecule has 5 heteroatoms. The summed E-state index contributed by atoms with van der Waals surface area (Å²) in [5.74, 6) is 0.122. The van der Waals surface area contributed by atoms with E-state index in [2.05, 4.69) is 24.0 Å². The molecule has 1 fully saturated rings. The van der Waals surface area contributed by atoms with Gasteiger partial charge in [-0.05, 0) is 23.6 Å². The fourth-order valence-electron chi connectivity index (χ4n) is 5.05. The van der Waals surface area contributed by atoms with Crippen LogP contribution in [0, 0.1) is 0 Å². The predicted molar refractivity (Wildman–Crippen MR) is 117 cm³/mol. The van der Waals surface area contributed by atoms with Crippen molar-refractivity contribution in [1.29, 1.82) is 0 Å². The van der Waals surface area contributed by atoms with Crippen molar-refractivity contribution < 1.29 is 9.59 Å². The molecule has 3 heterocycles. The van der Waals surface area contributed by atoms with Crippen LogP contribution in [-0.4, -0.2) is 45.7 Å². The molecule has 0 saturated carbocycles. The van der Waals surface area contributed by atoms with Crippen LogP contribution in [0.15, 0.2) is 54.6 Å². The first-order valence-corrected chi connectivity index (χ1v) is 10.9. The molecule has 0 spiro atoms. The average Bonchev–Trinajstić information content (AvgIpc) is 3.15. The number of nitrogens with zero attached hydrogens (tertiary/aromatic N) is 2. The smallest absolute Gasteiger partial charge is 0.246 e. The summed E-state index contributed by atoms with van der Waals surface area (Å²) in [5, 5.41) is 1.15. The van der Waals surface area contributed by atoms with Crippen LogP contribution in [-0.2, 0) is 16.0 Å². The van der Waals surface area contributed by atoms with Gasteiger partial charge in [0.25, 0.3) is 0 Å². The Morgan fingerprint density at radius 2 is 1.77 bits per heavy atom. The number of aromatic nitrogens is 1. The lowest BCUT2D eigenvalue weighted by molar-refractivity contribution is -0.158. The molecule has 0 bridgehead atoms. The second-order valence-electron chi connectivity index (χ2n) is 8.36. The summed E-state index contributed by atoms with van der Waals surface area (Å²) in [6, 6.07) is 17.6. The van der Waals surface area contributed by atoms with Crippen LogP contribution >= 0.6 is 0 Å². The van der Waals surface area contributed by atoms with Crippen molar-refractivity contribution >= 4 is 22.7 Å². The van der Waals surface area contributed by atoms with Gasteiger partial charge in [0.1, 0.15) is 6.04 Å². The van der Waals surface area contributed by atoms with E-state index in [4.69, 9.17) is 0 Å². The van der Waals surface area contributed by atoms with Crippen LogP contribution in [0.4, 0.5) is 0 Å². The zero-order valence-corrected chi connectivity index (χ0v) is 17.3. The molecule has 1 unspecified atom stereocenters. The Morgan fingerprint density at radius 1 is 1.00 bits per heavy atom. The molecule has 3 aromatic rings. The minimum atomic E-state index is -0.440. The minimum Gasteiger partial charge on any atom is -0.356 e. The molecule has 30 heavy (non-hydrogen) atoms. The van der Waals surface area contributed by atoms with E-state index in [9.17, 15) is 9.59 Å². The summed E-state index contributed by atoms with van der Waals surface area (Å²) in [6.45, 7) is 2.99. The van der Waals surface area contributed by atoms with Gasteiger partial charge >= 0.3 is 0 Å². The summed E-state index contributed by atoms with van der Waals surface area (Å²) in [6.07, 6.45) is 3.69. The maximum atomic E-state index is 13.5. The van der Waals surface area contributed by atoms with E-state index in [1.165, 1.54) is 0 Å². The second-order valence-corrected chi connectivity index (χ2v) is 8.36. The van der Waals surface area contributed by atoms with E-state index in [1.807, 2.05) is 47.4 Å². The molecule has 2 atom stereocenters. The van der Waals surface area contributed by atoms with Gasteiger partial charge in [0.2, 0.25) is 11.8 Å². The molecule has 5 nitrogen and oxygen atoms in total. The molecule has 0 aliphatic carbocycles. The highest BCUT2D eigenvalue weighted by Gasteiger charge is 2.47. The van der Waals surface area contributed by atoms with Crippen molar-refractivity contribution in [3.05, 3.63) is 71.4 Å². The third-order valence-electron chi connectivity index (χ3n) is 6.49. The van der Waals surface area contributed by atoms with Crippen molar-refractivity contribution in [3.8, 4) is 0 Å². The molecule has 1 aromatic heterocycles. The highest BCUT2D eigenvalue weighted by molar-refractivity contribution is 5.97. The first-order valence-electron chi connectivity index (χ1n) is 10.9. The van der Waals surface area contributed by atoms with Crippen molar-refractivity contribution in [2.75, 3.05) is 13.1 Å². The van der Waals surface area contributed by atoms with Crippen LogP contribution in [0.1, 0.15) is 49.0 Å². The number of aromatic amines is 1. The second kappa shape index (κ2) is 7.63. The maximum absolute atomic E-state index is 13.5. The number of piperazine rings is 1. The number of carbonyl (C=O) groups is 2. The molecule has 154 valence electrons. The van der Waals surface area contributed by atoms with Gasteiger partial charge in [-0.1, -0.05) is 68.3 Å². The van der Waals surface area contributed by atoms with E-state index in [1.54, 1.807) is 4.90 Å². The standard InChI is InChI=1S/C25H27N3O2/c1-2-3-9-14-27-16-22(29)28-21(25(27)30)15-19-18-12-7-8-13-20(18)26-23(19)24(28)17-10-5-4-6-11-17/h4-8,10-13,21,24,26H,2-3,9,14-16H2,1H3/t21-,24?/m0/s1. The normalized spacial score (nSPS) is 21.1. The maximum Gasteiger partial charge on any atom is 0.246 e. The van der Waals surface area contributed by atoms with Gasteiger partial charge in [-0.25, -0.2) is 0 Å². The quantitative estimate of drug-likeness (QED) is 0.656. The number of unbranched alkanes of at least 4 members (excludes halogenated alkanes) is 2. The molecule has 2 aliphatic rings. The number of carbonyl (C=O) groups excluding carboxylic acids is 2. The fourth-order valence-corrected chi connectivity index (χ4v) is 5.05. The van der Waals surface area contributed by atoms with Crippen molar-refractivity contribution in [1.82, 2.24) is 14.8 Å². The van der Waals surface area contributed by atoms with Crippen LogP contribution in [0.25, 0.3) is 10.9 Å². The van der Waals surface area contributed by atoms with Crippen LogP contribution in [0.2, 0.25) is 0 Å². The number of benzene rings is 2. The van der Waals surface area contributed by atoms with E-state index in [-0.39, 0.29) is 24.4 Å². The van der Waals surface area contributed by atoms with Crippen LogP contribution in [0.5, 0.6) is 0 Å². The molecular weight excluding hydrogens is 374 g/mol. The Bertz CT molecular complexity index is 1090. The SMILES string of the molecule is CCCCCN1CC(=O)N2C(c3ccccc3)c3[nH]c4ccccc4c3C[C@H]2C1=O. The van der Waals surface area contributed by atoms with Gasteiger partial charge < -0.3 is 14.8 Å². The van der Waals surface area contributed by atoms with Crippen molar-refractivity contribution in [3.63, 3.8) is 0 Å². The summed E-state index contributed by atoms with van der Waals surface area (Å²) < 4.78 is 0. The van der Waals surface area contributed by atoms with Crippen LogP contribution in [0.3, 0.4) is 0 Å². The molecule has 1 N–H and O–H groups in total. The van der Waals surface area contributed by atoms with Crippen molar-refractivity contribution in [2.24, 2.45) is 0 Å². The van der Waals surface area contributed by atoms with Gasteiger partial charge in [-0.15, -0.1) is 0 Å². The molecular formula is C25H27N3O2. The molecule has 1 saturated heterocycles. The van der Waals surface area contributed by atoms with Crippen molar-refractivity contribution in [2.45, 2.75) is 44.7 Å². The molecule has 2 aliphatic heterocycles. The Labute approximate surface area is 176 Å². The zero-order chi connectivity index (χ0) is 20.7. The van der Waals surface area contributed by atoms with Gasteiger partial charge in [0, 0.05) is 29.6 Å². The van der Waals surface area contributed by atoms with E-state index in [0.717, 1.165) is 47.0 Å². The first kappa shape index (κ1) is 18.9. The first-order chi connectivity index (χ1) is 14.7. The monoisotopic (exact) mass is 401 g/mol. The molecule has 2 aromatic carbocycles. The van der Waals surface area contributed by atoms with E-state index in [0.29, 0.717) is 13.0 Å². The highest BCUT2D eigenvalue weighted by atomic mass is 16.2. The van der Waals surface area contributed by atoms with E-state index >= 15 is 0 Å². The summed E-state index contributed by atoms with van der Waals surface area (Å²) in [4.78, 5) is 34.0. The van der Waals surface area contributed by atoms with Crippen LogP contribution < -0.4 is 0 Å². The number of hydrogen-bond donors (Lipinski definition) is 1. The average molecular weight is 402 g/mol. The number of H-pyrrole nitrogens is 1. The third kappa shape index (κ3) is 3.00.